The van der Waals surface area contributed by atoms with Crippen LogP contribution >= 0.6 is 11.6 Å². The Morgan fingerprint density at radius 3 is 2.35 bits per heavy atom. The molecule has 1 saturated heterocycles. The summed E-state index contributed by atoms with van der Waals surface area (Å²) in [6.45, 7) is 1.71. The van der Waals surface area contributed by atoms with Crippen molar-refractivity contribution in [2.45, 2.75) is 18.9 Å². The number of non-ortho nitro benzene ring substituents is 1. The van der Waals surface area contributed by atoms with Gasteiger partial charge in [-0.1, -0.05) is 23.7 Å². The Kier molecular flexibility index (Phi) is 4.67. The van der Waals surface area contributed by atoms with Crippen LogP contribution < -0.4 is 9.64 Å². The highest BCUT2D eigenvalue weighted by Gasteiger charge is 2.21. The molecule has 3 rings (SSSR count). The normalized spacial score (nSPS) is 15.4. The van der Waals surface area contributed by atoms with Crippen molar-refractivity contribution in [1.29, 1.82) is 0 Å². The Morgan fingerprint density at radius 2 is 1.74 bits per heavy atom. The van der Waals surface area contributed by atoms with E-state index in [1.807, 2.05) is 24.3 Å². The number of nitrogens with zero attached hydrogens (tertiary/aromatic N) is 2. The summed E-state index contributed by atoms with van der Waals surface area (Å²) in [7, 11) is 0. The first-order valence-corrected chi connectivity index (χ1v) is 7.92. The number of rotatable bonds is 4. The first kappa shape index (κ1) is 15.6. The van der Waals surface area contributed by atoms with Crippen LogP contribution in [0.15, 0.2) is 48.5 Å². The molecule has 1 heterocycles. The van der Waals surface area contributed by atoms with Gasteiger partial charge in [0.1, 0.15) is 11.9 Å². The number of anilines is 1. The van der Waals surface area contributed by atoms with Crippen molar-refractivity contribution < 1.29 is 9.66 Å². The summed E-state index contributed by atoms with van der Waals surface area (Å²) in [5.74, 6) is 0.725. The fraction of sp³-hybridized carbons (Fsp3) is 0.294. The Morgan fingerprint density at radius 1 is 1.09 bits per heavy atom. The zero-order chi connectivity index (χ0) is 16.2. The molecule has 0 spiro atoms. The van der Waals surface area contributed by atoms with Gasteiger partial charge < -0.3 is 9.64 Å². The summed E-state index contributed by atoms with van der Waals surface area (Å²) in [5.41, 5.74) is 1.12. The van der Waals surface area contributed by atoms with E-state index in [-0.39, 0.29) is 16.7 Å². The molecule has 0 aromatic heterocycles. The number of hydrogen-bond donors (Lipinski definition) is 0. The van der Waals surface area contributed by atoms with Gasteiger partial charge in [0.25, 0.3) is 5.69 Å². The molecule has 120 valence electrons. The maximum atomic E-state index is 10.7. The molecule has 2 aromatic rings. The molecule has 0 unspecified atom stereocenters. The van der Waals surface area contributed by atoms with E-state index in [1.165, 1.54) is 0 Å². The Balaban J connectivity index is 1.58. The third-order valence-corrected chi connectivity index (χ3v) is 4.31. The van der Waals surface area contributed by atoms with Gasteiger partial charge in [-0.25, -0.2) is 0 Å². The molecule has 0 atom stereocenters. The van der Waals surface area contributed by atoms with Gasteiger partial charge in [-0.15, -0.1) is 0 Å². The summed E-state index contributed by atoms with van der Waals surface area (Å²) in [6.07, 6.45) is 1.92. The second-order valence-electron chi connectivity index (χ2n) is 5.51. The van der Waals surface area contributed by atoms with E-state index < -0.39 is 0 Å². The standard InChI is InChI=1S/C17H17ClN2O3/c18-16-3-1-2-4-17(16)23-15-9-11-19(12-10-15)13-5-7-14(8-6-13)20(21)22/h1-8,15H,9-12H2. The van der Waals surface area contributed by atoms with Gasteiger partial charge in [-0.2, -0.15) is 0 Å². The summed E-state index contributed by atoms with van der Waals surface area (Å²) in [5, 5.41) is 11.3. The van der Waals surface area contributed by atoms with E-state index in [0.29, 0.717) is 5.02 Å². The van der Waals surface area contributed by atoms with Gasteiger partial charge in [0.15, 0.2) is 0 Å². The third kappa shape index (κ3) is 3.74. The van der Waals surface area contributed by atoms with E-state index in [0.717, 1.165) is 37.4 Å². The second-order valence-corrected chi connectivity index (χ2v) is 5.92. The lowest BCUT2D eigenvalue weighted by Crippen LogP contribution is -2.38. The molecule has 0 bridgehead atoms. The molecule has 2 aromatic carbocycles. The first-order chi connectivity index (χ1) is 11.1. The number of halogens is 1. The third-order valence-electron chi connectivity index (χ3n) is 4.00. The summed E-state index contributed by atoms with van der Waals surface area (Å²) >= 11 is 6.12. The van der Waals surface area contributed by atoms with Crippen LogP contribution in [0.25, 0.3) is 0 Å². The van der Waals surface area contributed by atoms with Crippen LogP contribution in [0, 0.1) is 10.1 Å². The predicted octanol–water partition coefficient (Wildman–Crippen LogP) is 4.30. The van der Waals surface area contributed by atoms with Gasteiger partial charge in [0.2, 0.25) is 0 Å². The monoisotopic (exact) mass is 332 g/mol. The minimum absolute atomic E-state index is 0.116. The highest BCUT2D eigenvalue weighted by Crippen LogP contribution is 2.28. The van der Waals surface area contributed by atoms with Crippen LogP contribution in [-0.4, -0.2) is 24.1 Å². The van der Waals surface area contributed by atoms with Crippen molar-refractivity contribution in [2.24, 2.45) is 0 Å². The van der Waals surface area contributed by atoms with E-state index in [4.69, 9.17) is 16.3 Å². The topological polar surface area (TPSA) is 55.6 Å². The van der Waals surface area contributed by atoms with Crippen LogP contribution in [0.1, 0.15) is 12.8 Å². The molecule has 23 heavy (non-hydrogen) atoms. The summed E-state index contributed by atoms with van der Waals surface area (Å²) in [4.78, 5) is 12.5. The van der Waals surface area contributed by atoms with Gasteiger partial charge in [0, 0.05) is 43.8 Å². The molecule has 1 fully saturated rings. The minimum Gasteiger partial charge on any atom is -0.489 e. The molecule has 0 N–H and O–H groups in total. The number of piperidine rings is 1. The van der Waals surface area contributed by atoms with Crippen LogP contribution in [-0.2, 0) is 0 Å². The number of nitro groups is 1. The number of hydrogen-bond acceptors (Lipinski definition) is 4. The van der Waals surface area contributed by atoms with Crippen molar-refractivity contribution >= 4 is 23.0 Å². The molecule has 1 aliphatic heterocycles. The molecule has 0 radical (unpaired) electrons. The Bertz CT molecular complexity index is 682. The lowest BCUT2D eigenvalue weighted by Gasteiger charge is -2.33. The number of ether oxygens (including phenoxy) is 1. The first-order valence-electron chi connectivity index (χ1n) is 7.54. The zero-order valence-corrected chi connectivity index (χ0v) is 13.3. The fourth-order valence-corrected chi connectivity index (χ4v) is 2.92. The van der Waals surface area contributed by atoms with E-state index in [9.17, 15) is 10.1 Å². The van der Waals surface area contributed by atoms with Gasteiger partial charge in [0.05, 0.1) is 9.95 Å². The van der Waals surface area contributed by atoms with Crippen molar-refractivity contribution in [1.82, 2.24) is 0 Å². The number of benzene rings is 2. The van der Waals surface area contributed by atoms with Crippen molar-refractivity contribution in [2.75, 3.05) is 18.0 Å². The highest BCUT2D eigenvalue weighted by molar-refractivity contribution is 6.32. The molecule has 6 heteroatoms. The molecule has 5 nitrogen and oxygen atoms in total. The molecule has 0 aliphatic carbocycles. The lowest BCUT2D eigenvalue weighted by atomic mass is 10.1. The quantitative estimate of drug-likeness (QED) is 0.619. The van der Waals surface area contributed by atoms with Crippen LogP contribution in [0.4, 0.5) is 11.4 Å². The number of para-hydroxylation sites is 1. The van der Waals surface area contributed by atoms with E-state index in [1.54, 1.807) is 24.3 Å². The zero-order valence-electron chi connectivity index (χ0n) is 12.5. The van der Waals surface area contributed by atoms with Crippen molar-refractivity contribution in [3.63, 3.8) is 0 Å². The van der Waals surface area contributed by atoms with Gasteiger partial charge >= 0.3 is 0 Å². The fourth-order valence-electron chi connectivity index (χ4n) is 2.74. The average Bonchev–Trinajstić information content (AvgIpc) is 2.58. The summed E-state index contributed by atoms with van der Waals surface area (Å²) in [6, 6.07) is 14.2. The second kappa shape index (κ2) is 6.87. The molecule has 1 aliphatic rings. The van der Waals surface area contributed by atoms with Crippen LogP contribution in [0.3, 0.4) is 0 Å². The number of nitro benzene ring substituents is 1. The van der Waals surface area contributed by atoms with Crippen LogP contribution in [0.5, 0.6) is 5.75 Å². The lowest BCUT2D eigenvalue weighted by molar-refractivity contribution is -0.384. The van der Waals surface area contributed by atoms with Gasteiger partial charge in [-0.3, -0.25) is 10.1 Å². The maximum Gasteiger partial charge on any atom is 0.269 e. The highest BCUT2D eigenvalue weighted by atomic mass is 35.5. The molecule has 0 saturated carbocycles. The van der Waals surface area contributed by atoms with Gasteiger partial charge in [-0.05, 0) is 24.3 Å². The molecular weight excluding hydrogens is 316 g/mol. The largest absolute Gasteiger partial charge is 0.489 e. The van der Waals surface area contributed by atoms with Crippen LogP contribution in [0.2, 0.25) is 5.02 Å². The maximum absolute atomic E-state index is 10.7. The Hall–Kier alpha value is -2.27. The van der Waals surface area contributed by atoms with E-state index >= 15 is 0 Å². The predicted molar refractivity (Wildman–Crippen MR) is 90.4 cm³/mol. The van der Waals surface area contributed by atoms with Crippen molar-refractivity contribution in [3.8, 4) is 5.75 Å². The SMILES string of the molecule is O=[N+]([O-])c1ccc(N2CCC(Oc3ccccc3Cl)CC2)cc1. The average molecular weight is 333 g/mol. The van der Waals surface area contributed by atoms with Crippen molar-refractivity contribution in [3.05, 3.63) is 63.7 Å². The minimum atomic E-state index is -0.381. The summed E-state index contributed by atoms with van der Waals surface area (Å²) < 4.78 is 5.97. The van der Waals surface area contributed by atoms with E-state index in [2.05, 4.69) is 4.90 Å². The smallest absolute Gasteiger partial charge is 0.269 e. The Labute approximate surface area is 139 Å². The molecule has 0 amide bonds. The molecular formula is C17H17ClN2O3.